The lowest BCUT2D eigenvalue weighted by Gasteiger charge is -2.09. The van der Waals surface area contributed by atoms with Crippen LogP contribution in [-0.2, 0) is 13.2 Å². The largest absolute Gasteiger partial charge is 0.478 e. The Morgan fingerprint density at radius 3 is 2.35 bits per heavy atom. The lowest BCUT2D eigenvalue weighted by atomic mass is 10.00. The molecule has 0 fully saturated rings. The van der Waals surface area contributed by atoms with Gasteiger partial charge in [-0.15, -0.1) is 0 Å². The van der Waals surface area contributed by atoms with Crippen LogP contribution in [-0.4, -0.2) is 15.6 Å². The van der Waals surface area contributed by atoms with Crippen LogP contribution in [0.2, 0.25) is 0 Å². The summed E-state index contributed by atoms with van der Waals surface area (Å²) in [4.78, 5) is 11.3. The van der Waals surface area contributed by atoms with Crippen molar-refractivity contribution in [2.24, 2.45) is 7.05 Å². The second kappa shape index (κ2) is 4.54. The standard InChI is InChI=1S/C14H14F3NO2/c1-7(2)8-4-5-10-9(6-8)11(13(19)20)12(18(10)3)14(15,16)17/h4-7H,1-3H3,(H,19,20). The zero-order valence-electron chi connectivity index (χ0n) is 11.2. The molecule has 20 heavy (non-hydrogen) atoms. The summed E-state index contributed by atoms with van der Waals surface area (Å²) in [6.45, 7) is 3.80. The van der Waals surface area contributed by atoms with Crippen molar-refractivity contribution in [2.45, 2.75) is 25.9 Å². The molecule has 0 aliphatic heterocycles. The van der Waals surface area contributed by atoms with Gasteiger partial charge in [-0.25, -0.2) is 4.79 Å². The number of rotatable bonds is 2. The third-order valence-corrected chi connectivity index (χ3v) is 3.37. The van der Waals surface area contributed by atoms with E-state index in [1.54, 1.807) is 6.07 Å². The van der Waals surface area contributed by atoms with Gasteiger partial charge in [-0.05, 0) is 23.6 Å². The molecule has 0 saturated carbocycles. The number of alkyl halides is 3. The number of aromatic carboxylic acids is 1. The Kier molecular flexibility index (Phi) is 3.28. The van der Waals surface area contributed by atoms with Crippen LogP contribution < -0.4 is 0 Å². The summed E-state index contributed by atoms with van der Waals surface area (Å²) in [6.07, 6.45) is -4.71. The van der Waals surface area contributed by atoms with Crippen molar-refractivity contribution in [3.63, 3.8) is 0 Å². The number of aromatic nitrogens is 1. The lowest BCUT2D eigenvalue weighted by Crippen LogP contribution is -2.15. The van der Waals surface area contributed by atoms with Gasteiger partial charge in [-0.2, -0.15) is 13.2 Å². The normalized spacial score (nSPS) is 12.3. The van der Waals surface area contributed by atoms with E-state index in [9.17, 15) is 18.0 Å². The molecule has 1 N–H and O–H groups in total. The first kappa shape index (κ1) is 14.4. The Balaban J connectivity index is 2.91. The molecule has 0 bridgehead atoms. The maximum absolute atomic E-state index is 13.1. The highest BCUT2D eigenvalue weighted by molar-refractivity contribution is 6.05. The highest BCUT2D eigenvalue weighted by Crippen LogP contribution is 2.38. The van der Waals surface area contributed by atoms with Gasteiger partial charge in [-0.1, -0.05) is 19.9 Å². The number of carbonyl (C=O) groups is 1. The van der Waals surface area contributed by atoms with E-state index in [-0.39, 0.29) is 16.8 Å². The first-order chi connectivity index (χ1) is 9.14. The molecule has 0 radical (unpaired) electrons. The molecule has 0 aliphatic rings. The summed E-state index contributed by atoms with van der Waals surface area (Å²) in [5.41, 5.74) is -0.739. The van der Waals surface area contributed by atoms with Gasteiger partial charge in [0.2, 0.25) is 0 Å². The minimum atomic E-state index is -4.71. The number of fused-ring (bicyclic) bond motifs is 1. The number of halogens is 3. The Bertz CT molecular complexity index is 684. The zero-order valence-corrected chi connectivity index (χ0v) is 11.2. The van der Waals surface area contributed by atoms with E-state index in [4.69, 9.17) is 5.11 Å². The lowest BCUT2D eigenvalue weighted by molar-refractivity contribution is -0.143. The van der Waals surface area contributed by atoms with E-state index in [1.165, 1.54) is 19.2 Å². The highest BCUT2D eigenvalue weighted by atomic mass is 19.4. The third kappa shape index (κ3) is 2.15. The van der Waals surface area contributed by atoms with E-state index in [0.29, 0.717) is 0 Å². The van der Waals surface area contributed by atoms with Crippen LogP contribution in [0.25, 0.3) is 10.9 Å². The van der Waals surface area contributed by atoms with Crippen molar-refractivity contribution in [1.29, 1.82) is 0 Å². The highest BCUT2D eigenvalue weighted by Gasteiger charge is 2.40. The summed E-state index contributed by atoms with van der Waals surface area (Å²) in [7, 11) is 1.23. The van der Waals surface area contributed by atoms with Crippen LogP contribution >= 0.6 is 0 Å². The molecular formula is C14H14F3NO2. The average molecular weight is 285 g/mol. The molecule has 1 heterocycles. The minimum absolute atomic E-state index is 0.107. The minimum Gasteiger partial charge on any atom is -0.478 e. The zero-order chi connectivity index (χ0) is 15.2. The smallest absolute Gasteiger partial charge is 0.432 e. The molecule has 0 spiro atoms. The number of aryl methyl sites for hydroxylation is 1. The van der Waals surface area contributed by atoms with Gasteiger partial charge in [0, 0.05) is 18.0 Å². The number of benzene rings is 1. The molecule has 108 valence electrons. The fourth-order valence-corrected chi connectivity index (χ4v) is 2.37. The van der Waals surface area contributed by atoms with Crippen LogP contribution in [0.3, 0.4) is 0 Å². The molecule has 1 aromatic heterocycles. The number of carboxylic acid groups (broad SMARTS) is 1. The van der Waals surface area contributed by atoms with Gasteiger partial charge in [0.05, 0.1) is 5.56 Å². The van der Waals surface area contributed by atoms with E-state index >= 15 is 0 Å². The molecule has 0 aliphatic carbocycles. The van der Waals surface area contributed by atoms with Gasteiger partial charge in [0.25, 0.3) is 0 Å². The Hall–Kier alpha value is -1.98. The van der Waals surface area contributed by atoms with Crippen LogP contribution in [0.1, 0.15) is 41.4 Å². The summed E-state index contributed by atoms with van der Waals surface area (Å²) in [6, 6.07) is 4.78. The maximum atomic E-state index is 13.1. The van der Waals surface area contributed by atoms with Crippen LogP contribution in [0, 0.1) is 0 Å². The molecule has 0 saturated heterocycles. The first-order valence-corrected chi connectivity index (χ1v) is 6.07. The second-order valence-electron chi connectivity index (χ2n) is 5.02. The van der Waals surface area contributed by atoms with Gasteiger partial charge in [-0.3, -0.25) is 0 Å². The first-order valence-electron chi connectivity index (χ1n) is 6.07. The van der Waals surface area contributed by atoms with Gasteiger partial charge < -0.3 is 9.67 Å². The topological polar surface area (TPSA) is 42.2 Å². The number of nitrogens with zero attached hydrogens (tertiary/aromatic N) is 1. The van der Waals surface area contributed by atoms with Crippen molar-refractivity contribution >= 4 is 16.9 Å². The van der Waals surface area contributed by atoms with E-state index < -0.39 is 23.4 Å². The number of hydrogen-bond acceptors (Lipinski definition) is 1. The number of carboxylic acids is 1. The van der Waals surface area contributed by atoms with E-state index in [0.717, 1.165) is 10.1 Å². The summed E-state index contributed by atoms with van der Waals surface area (Å²) in [5, 5.41) is 9.28. The average Bonchev–Trinajstić information content (AvgIpc) is 2.62. The van der Waals surface area contributed by atoms with E-state index in [1.807, 2.05) is 13.8 Å². The quantitative estimate of drug-likeness (QED) is 0.905. The van der Waals surface area contributed by atoms with Crippen LogP contribution in [0.4, 0.5) is 13.2 Å². The van der Waals surface area contributed by atoms with Crippen molar-refractivity contribution in [1.82, 2.24) is 4.57 Å². The molecule has 3 nitrogen and oxygen atoms in total. The Labute approximate surface area is 113 Å². The summed E-state index contributed by atoms with van der Waals surface area (Å²) >= 11 is 0. The molecule has 0 atom stereocenters. The van der Waals surface area contributed by atoms with Crippen LogP contribution in [0.15, 0.2) is 18.2 Å². The monoisotopic (exact) mass is 285 g/mol. The van der Waals surface area contributed by atoms with Gasteiger partial charge in [0.15, 0.2) is 0 Å². The molecule has 0 unspecified atom stereocenters. The second-order valence-corrected chi connectivity index (χ2v) is 5.02. The summed E-state index contributed by atoms with van der Waals surface area (Å²) < 4.78 is 40.1. The maximum Gasteiger partial charge on any atom is 0.432 e. The van der Waals surface area contributed by atoms with Crippen molar-refractivity contribution in [3.8, 4) is 0 Å². The van der Waals surface area contributed by atoms with Crippen LogP contribution in [0.5, 0.6) is 0 Å². The predicted octanol–water partition coefficient (Wildman–Crippen LogP) is 4.02. The molecular weight excluding hydrogens is 271 g/mol. The molecule has 1 aromatic carbocycles. The van der Waals surface area contributed by atoms with Crippen molar-refractivity contribution < 1.29 is 23.1 Å². The predicted molar refractivity (Wildman–Crippen MR) is 69.0 cm³/mol. The Morgan fingerprint density at radius 1 is 1.30 bits per heavy atom. The molecule has 6 heteroatoms. The van der Waals surface area contributed by atoms with Crippen molar-refractivity contribution in [3.05, 3.63) is 35.0 Å². The van der Waals surface area contributed by atoms with Crippen molar-refractivity contribution in [2.75, 3.05) is 0 Å². The molecule has 0 amide bonds. The number of hydrogen-bond donors (Lipinski definition) is 1. The Morgan fingerprint density at radius 2 is 1.90 bits per heavy atom. The fourth-order valence-electron chi connectivity index (χ4n) is 2.37. The molecule has 2 aromatic rings. The van der Waals surface area contributed by atoms with Gasteiger partial charge in [0.1, 0.15) is 5.69 Å². The molecule has 2 rings (SSSR count). The van der Waals surface area contributed by atoms with Gasteiger partial charge >= 0.3 is 12.1 Å². The third-order valence-electron chi connectivity index (χ3n) is 3.37. The summed E-state index contributed by atoms with van der Waals surface area (Å²) in [5.74, 6) is -1.46. The SMILES string of the molecule is CC(C)c1ccc2c(c1)c(C(=O)O)c(C(F)(F)F)n2C. The van der Waals surface area contributed by atoms with E-state index in [2.05, 4.69) is 0 Å². The fraction of sp³-hybridized carbons (Fsp3) is 0.357.